The topological polar surface area (TPSA) is 96.4 Å². The summed E-state index contributed by atoms with van der Waals surface area (Å²) in [5.41, 5.74) is 0.996. The number of aliphatic hydroxyl groups is 1. The molecule has 7 nitrogen and oxygen atoms in total. The molecular weight excluding hydrogens is 296 g/mol. The van der Waals surface area contributed by atoms with E-state index in [1.54, 1.807) is 0 Å². The number of amides is 1. The van der Waals surface area contributed by atoms with Crippen molar-refractivity contribution >= 4 is 16.9 Å². The molecule has 3 N–H and O–H groups in total. The Kier molecular flexibility index (Phi) is 4.51. The van der Waals surface area contributed by atoms with Gasteiger partial charge in [-0.3, -0.25) is 9.78 Å². The summed E-state index contributed by atoms with van der Waals surface area (Å²) in [5.74, 6) is -0.323. The Morgan fingerprint density at radius 2 is 2.26 bits per heavy atom. The van der Waals surface area contributed by atoms with Crippen LogP contribution >= 0.6 is 0 Å². The van der Waals surface area contributed by atoms with Crippen LogP contribution in [0.15, 0.2) is 30.5 Å². The number of nitrogens with zero attached hydrogens (tertiary/aromatic N) is 2. The highest BCUT2D eigenvalue weighted by Gasteiger charge is 2.35. The van der Waals surface area contributed by atoms with Crippen LogP contribution in [0.4, 0.5) is 0 Å². The normalized spacial score (nSPS) is 24.5. The summed E-state index contributed by atoms with van der Waals surface area (Å²) in [6.45, 7) is 3.03. The first-order valence-electron chi connectivity index (χ1n) is 7.58. The van der Waals surface area contributed by atoms with E-state index >= 15 is 0 Å². The molecule has 1 aromatic carbocycles. The monoisotopic (exact) mass is 316 g/mol. The number of rotatable bonds is 4. The fourth-order valence-corrected chi connectivity index (χ4v) is 2.69. The van der Waals surface area contributed by atoms with E-state index in [0.29, 0.717) is 18.7 Å². The zero-order valence-corrected chi connectivity index (χ0v) is 13.0. The van der Waals surface area contributed by atoms with Crippen molar-refractivity contribution in [3.8, 4) is 0 Å². The van der Waals surface area contributed by atoms with Gasteiger partial charge < -0.3 is 20.5 Å². The van der Waals surface area contributed by atoms with E-state index in [0.717, 1.165) is 5.52 Å². The van der Waals surface area contributed by atoms with Gasteiger partial charge in [0.1, 0.15) is 5.69 Å². The maximum Gasteiger partial charge on any atom is 0.271 e. The lowest BCUT2D eigenvalue weighted by Crippen LogP contribution is -2.65. The maximum absolute atomic E-state index is 12.3. The first kappa shape index (κ1) is 15.8. The van der Waals surface area contributed by atoms with Gasteiger partial charge in [0.15, 0.2) is 0 Å². The Morgan fingerprint density at radius 1 is 1.48 bits per heavy atom. The molecule has 1 aliphatic heterocycles. The lowest BCUT2D eigenvalue weighted by Gasteiger charge is -2.39. The highest BCUT2D eigenvalue weighted by atomic mass is 16.5. The molecule has 1 amide bonds. The molecule has 1 fully saturated rings. The van der Waals surface area contributed by atoms with Crippen LogP contribution in [0.2, 0.25) is 0 Å². The zero-order chi connectivity index (χ0) is 16.3. The summed E-state index contributed by atoms with van der Waals surface area (Å²) in [6.07, 6.45) is 1.46. The van der Waals surface area contributed by atoms with Crippen molar-refractivity contribution in [2.45, 2.75) is 18.5 Å². The average molecular weight is 316 g/mol. The van der Waals surface area contributed by atoms with E-state index in [4.69, 9.17) is 4.74 Å². The van der Waals surface area contributed by atoms with Gasteiger partial charge in [-0.25, -0.2) is 4.98 Å². The predicted molar refractivity (Wildman–Crippen MR) is 85.1 cm³/mol. The van der Waals surface area contributed by atoms with Crippen molar-refractivity contribution in [2.75, 3.05) is 26.4 Å². The van der Waals surface area contributed by atoms with E-state index in [9.17, 15) is 9.90 Å². The molecule has 2 aromatic rings. The van der Waals surface area contributed by atoms with E-state index in [1.165, 1.54) is 6.20 Å². The van der Waals surface area contributed by atoms with E-state index in [1.807, 2.05) is 31.2 Å². The Morgan fingerprint density at radius 3 is 3.00 bits per heavy atom. The smallest absolute Gasteiger partial charge is 0.271 e. The summed E-state index contributed by atoms with van der Waals surface area (Å²) in [6, 6.07) is 7.50. The molecular formula is C16H20N4O3. The van der Waals surface area contributed by atoms with Crippen LogP contribution in [0.1, 0.15) is 17.4 Å². The average Bonchev–Trinajstić information content (AvgIpc) is 2.59. The number of aromatic nitrogens is 2. The second kappa shape index (κ2) is 6.57. The van der Waals surface area contributed by atoms with Crippen LogP contribution < -0.4 is 10.6 Å². The molecule has 0 saturated carbocycles. The quantitative estimate of drug-likeness (QED) is 0.740. The number of nitrogens with one attached hydrogen (secondary N) is 2. The van der Waals surface area contributed by atoms with Gasteiger partial charge in [0.2, 0.25) is 0 Å². The van der Waals surface area contributed by atoms with Gasteiger partial charge >= 0.3 is 0 Å². The second-order valence-electron chi connectivity index (χ2n) is 5.93. The molecule has 23 heavy (non-hydrogen) atoms. The van der Waals surface area contributed by atoms with Crippen molar-refractivity contribution in [2.24, 2.45) is 0 Å². The van der Waals surface area contributed by atoms with Gasteiger partial charge in [0, 0.05) is 12.6 Å². The zero-order valence-electron chi connectivity index (χ0n) is 13.0. The van der Waals surface area contributed by atoms with Crippen LogP contribution in [0.5, 0.6) is 0 Å². The molecule has 0 aliphatic carbocycles. The highest BCUT2D eigenvalue weighted by molar-refractivity contribution is 5.93. The van der Waals surface area contributed by atoms with Crippen molar-refractivity contribution in [3.05, 3.63) is 36.2 Å². The Labute approximate surface area is 134 Å². The maximum atomic E-state index is 12.3. The van der Waals surface area contributed by atoms with Crippen molar-refractivity contribution in [1.29, 1.82) is 0 Å². The molecule has 0 unspecified atom stereocenters. The molecule has 1 saturated heterocycles. The minimum Gasteiger partial charge on any atom is -0.394 e. The first-order valence-corrected chi connectivity index (χ1v) is 7.58. The SMILES string of the molecule is C[C@@H]1COC[C@@](CO)(CNC(=O)c2cnc3ccccc3n2)N1. The third-order valence-electron chi connectivity index (χ3n) is 3.87. The molecule has 0 bridgehead atoms. The summed E-state index contributed by atoms with van der Waals surface area (Å²) in [5, 5.41) is 15.8. The van der Waals surface area contributed by atoms with Gasteiger partial charge in [-0.15, -0.1) is 0 Å². The molecule has 2 atom stereocenters. The summed E-state index contributed by atoms with van der Waals surface area (Å²) in [4.78, 5) is 20.9. The number of benzene rings is 1. The van der Waals surface area contributed by atoms with Crippen LogP contribution in [0.25, 0.3) is 11.0 Å². The number of ether oxygens (including phenoxy) is 1. The van der Waals surface area contributed by atoms with Gasteiger partial charge in [0.05, 0.1) is 42.6 Å². The fourth-order valence-electron chi connectivity index (χ4n) is 2.69. The number of carbonyl (C=O) groups is 1. The Hall–Kier alpha value is -2.09. The molecule has 1 aromatic heterocycles. The highest BCUT2D eigenvalue weighted by Crippen LogP contribution is 2.12. The molecule has 122 valence electrons. The molecule has 0 spiro atoms. The summed E-state index contributed by atoms with van der Waals surface area (Å²) in [7, 11) is 0. The van der Waals surface area contributed by atoms with Crippen molar-refractivity contribution in [1.82, 2.24) is 20.6 Å². The van der Waals surface area contributed by atoms with E-state index in [-0.39, 0.29) is 30.8 Å². The van der Waals surface area contributed by atoms with Crippen LogP contribution in [-0.2, 0) is 4.74 Å². The second-order valence-corrected chi connectivity index (χ2v) is 5.93. The third-order valence-corrected chi connectivity index (χ3v) is 3.87. The molecule has 0 radical (unpaired) electrons. The lowest BCUT2D eigenvalue weighted by molar-refractivity contribution is -0.0205. The minimum atomic E-state index is -0.669. The van der Waals surface area contributed by atoms with Crippen molar-refractivity contribution < 1.29 is 14.6 Å². The van der Waals surface area contributed by atoms with Crippen molar-refractivity contribution in [3.63, 3.8) is 0 Å². The van der Waals surface area contributed by atoms with Crippen LogP contribution in [-0.4, -0.2) is 58.9 Å². The number of hydrogen-bond donors (Lipinski definition) is 3. The number of para-hydroxylation sites is 2. The van der Waals surface area contributed by atoms with Gasteiger partial charge in [0.25, 0.3) is 5.91 Å². The third kappa shape index (κ3) is 3.47. The number of morpholine rings is 1. The van der Waals surface area contributed by atoms with Crippen LogP contribution in [0.3, 0.4) is 0 Å². The molecule has 1 aliphatic rings. The first-order chi connectivity index (χ1) is 11.1. The number of hydrogen-bond acceptors (Lipinski definition) is 6. The predicted octanol–water partition coefficient (Wildman–Crippen LogP) is 0.0990. The fraction of sp³-hybridized carbons (Fsp3) is 0.438. The summed E-state index contributed by atoms with van der Waals surface area (Å²) < 4.78 is 5.48. The standard InChI is InChI=1S/C16H20N4O3/c1-11-7-23-10-16(9-21,20-11)8-18-15(22)14-6-17-12-4-2-3-5-13(12)19-14/h2-6,11,20-21H,7-10H2,1H3,(H,18,22)/t11-,16+/m1/s1. The molecule has 7 heteroatoms. The molecule has 2 heterocycles. The number of aliphatic hydroxyl groups excluding tert-OH is 1. The van der Waals surface area contributed by atoms with Gasteiger partial charge in [-0.2, -0.15) is 0 Å². The minimum absolute atomic E-state index is 0.119. The van der Waals surface area contributed by atoms with Crippen LogP contribution in [0, 0.1) is 0 Å². The Balaban J connectivity index is 1.70. The Bertz CT molecular complexity index is 709. The lowest BCUT2D eigenvalue weighted by atomic mass is 9.98. The number of carbonyl (C=O) groups excluding carboxylic acids is 1. The number of fused-ring (bicyclic) bond motifs is 1. The summed E-state index contributed by atoms with van der Waals surface area (Å²) >= 11 is 0. The largest absolute Gasteiger partial charge is 0.394 e. The van der Waals surface area contributed by atoms with E-state index < -0.39 is 5.54 Å². The molecule has 3 rings (SSSR count). The van der Waals surface area contributed by atoms with E-state index in [2.05, 4.69) is 20.6 Å². The van der Waals surface area contributed by atoms with Gasteiger partial charge in [-0.05, 0) is 19.1 Å². The van der Waals surface area contributed by atoms with Gasteiger partial charge in [-0.1, -0.05) is 12.1 Å².